The largest absolute Gasteiger partial charge is 0.497 e. The fourth-order valence-corrected chi connectivity index (χ4v) is 3.36. The summed E-state index contributed by atoms with van der Waals surface area (Å²) >= 11 is 1.54. The zero-order valence-corrected chi connectivity index (χ0v) is 17.7. The molecule has 0 aliphatic rings. The number of hydrogen-bond donors (Lipinski definition) is 1. The Labute approximate surface area is 178 Å². The summed E-state index contributed by atoms with van der Waals surface area (Å²) in [6.45, 7) is 1.71. The van der Waals surface area contributed by atoms with E-state index in [9.17, 15) is 9.59 Å². The highest BCUT2D eigenvalue weighted by atomic mass is 32.2. The van der Waals surface area contributed by atoms with Crippen LogP contribution in [0.15, 0.2) is 57.9 Å². The number of rotatable bonds is 8. The fraction of sp³-hybridized carbons (Fsp3) is 0.238. The number of carbonyl (C=O) groups is 2. The lowest BCUT2D eigenvalue weighted by atomic mass is 10.2. The van der Waals surface area contributed by atoms with E-state index in [1.807, 2.05) is 12.1 Å². The van der Waals surface area contributed by atoms with Crippen LogP contribution in [0.4, 0.5) is 5.69 Å². The third kappa shape index (κ3) is 5.84. The second-order valence-electron chi connectivity index (χ2n) is 6.49. The number of carbonyl (C=O) groups excluding carboxylic acids is 2. The summed E-state index contributed by atoms with van der Waals surface area (Å²) in [5.74, 6) is 1.90. The Kier molecular flexibility index (Phi) is 7.08. The zero-order chi connectivity index (χ0) is 21.5. The summed E-state index contributed by atoms with van der Waals surface area (Å²) in [6, 6.07) is 14.2. The molecule has 0 aliphatic carbocycles. The number of thioether (sulfide) groups is 1. The second kappa shape index (κ2) is 9.93. The minimum atomic E-state index is -0.280. The SMILES string of the molecule is COc1ccc(NC(=O)CN(C)C(=O)c2ccc(SCc3nc(C)no3)cc2)cc1. The maximum Gasteiger partial charge on any atom is 0.254 e. The first-order chi connectivity index (χ1) is 14.4. The first-order valence-electron chi connectivity index (χ1n) is 9.16. The molecule has 0 unspecified atom stereocenters. The van der Waals surface area contributed by atoms with Gasteiger partial charge in [-0.3, -0.25) is 9.59 Å². The maximum atomic E-state index is 12.6. The van der Waals surface area contributed by atoms with Crippen molar-refractivity contribution in [1.29, 1.82) is 0 Å². The van der Waals surface area contributed by atoms with Crippen molar-refractivity contribution < 1.29 is 18.8 Å². The van der Waals surface area contributed by atoms with E-state index in [0.29, 0.717) is 34.5 Å². The van der Waals surface area contributed by atoms with E-state index in [1.165, 1.54) is 16.7 Å². The maximum absolute atomic E-state index is 12.6. The van der Waals surface area contributed by atoms with Crippen molar-refractivity contribution in [3.8, 4) is 5.75 Å². The third-order valence-electron chi connectivity index (χ3n) is 4.13. The smallest absolute Gasteiger partial charge is 0.254 e. The van der Waals surface area contributed by atoms with Gasteiger partial charge in [0.15, 0.2) is 5.82 Å². The predicted octanol–water partition coefficient (Wildman–Crippen LogP) is 3.39. The number of nitrogens with zero attached hydrogens (tertiary/aromatic N) is 3. The van der Waals surface area contributed by atoms with Gasteiger partial charge in [-0.15, -0.1) is 11.8 Å². The Balaban J connectivity index is 1.51. The highest BCUT2D eigenvalue weighted by molar-refractivity contribution is 7.98. The standard InChI is InChI=1S/C21H22N4O4S/c1-14-22-20(29-24-14)13-30-18-10-4-15(5-11-18)21(27)25(2)12-19(26)23-16-6-8-17(28-3)9-7-16/h4-11H,12-13H2,1-3H3,(H,23,26). The molecule has 1 aromatic heterocycles. The average molecular weight is 426 g/mol. The third-order valence-corrected chi connectivity index (χ3v) is 5.13. The van der Waals surface area contributed by atoms with Crippen LogP contribution in [-0.4, -0.2) is 47.6 Å². The van der Waals surface area contributed by atoms with E-state index in [2.05, 4.69) is 15.5 Å². The molecule has 0 atom stereocenters. The summed E-state index contributed by atoms with van der Waals surface area (Å²) in [4.78, 5) is 31.3. The molecular formula is C21H22N4O4S. The van der Waals surface area contributed by atoms with E-state index in [1.54, 1.807) is 57.5 Å². The van der Waals surface area contributed by atoms with Crippen LogP contribution in [0, 0.1) is 6.92 Å². The van der Waals surface area contributed by atoms with E-state index in [-0.39, 0.29) is 18.4 Å². The molecule has 1 N–H and O–H groups in total. The van der Waals surface area contributed by atoms with Gasteiger partial charge in [0.2, 0.25) is 11.8 Å². The number of anilines is 1. The van der Waals surface area contributed by atoms with Gasteiger partial charge in [-0.25, -0.2) is 0 Å². The number of benzene rings is 2. The van der Waals surface area contributed by atoms with Gasteiger partial charge in [0.25, 0.3) is 5.91 Å². The Morgan fingerprint density at radius 2 is 1.83 bits per heavy atom. The van der Waals surface area contributed by atoms with Crippen molar-refractivity contribution in [2.75, 3.05) is 26.0 Å². The Bertz CT molecular complexity index is 1000. The first kappa shape index (κ1) is 21.4. The van der Waals surface area contributed by atoms with Crippen LogP contribution in [0.5, 0.6) is 5.75 Å². The van der Waals surface area contributed by atoms with Crippen LogP contribution in [0.1, 0.15) is 22.1 Å². The number of aromatic nitrogens is 2. The van der Waals surface area contributed by atoms with E-state index >= 15 is 0 Å². The van der Waals surface area contributed by atoms with Crippen LogP contribution >= 0.6 is 11.8 Å². The molecule has 156 valence electrons. The molecule has 1 heterocycles. The van der Waals surface area contributed by atoms with Crippen molar-refractivity contribution in [2.45, 2.75) is 17.6 Å². The van der Waals surface area contributed by atoms with Gasteiger partial charge in [-0.2, -0.15) is 4.98 Å². The molecule has 0 radical (unpaired) electrons. The van der Waals surface area contributed by atoms with Gasteiger partial charge >= 0.3 is 0 Å². The van der Waals surface area contributed by atoms with Gasteiger partial charge in [0.1, 0.15) is 5.75 Å². The molecule has 2 amide bonds. The van der Waals surface area contributed by atoms with Gasteiger partial charge in [-0.1, -0.05) is 5.16 Å². The van der Waals surface area contributed by atoms with E-state index < -0.39 is 0 Å². The van der Waals surface area contributed by atoms with Crippen LogP contribution < -0.4 is 10.1 Å². The molecule has 0 spiro atoms. The summed E-state index contributed by atoms with van der Waals surface area (Å²) in [6.07, 6.45) is 0. The Morgan fingerprint density at radius 3 is 2.43 bits per heavy atom. The normalized spacial score (nSPS) is 10.5. The number of ether oxygens (including phenoxy) is 1. The molecule has 0 bridgehead atoms. The van der Waals surface area contributed by atoms with Gasteiger partial charge in [0, 0.05) is 23.2 Å². The lowest BCUT2D eigenvalue weighted by molar-refractivity contribution is -0.116. The summed E-state index contributed by atoms with van der Waals surface area (Å²) in [7, 11) is 3.17. The zero-order valence-electron chi connectivity index (χ0n) is 16.9. The van der Waals surface area contributed by atoms with Crippen LogP contribution in [0.25, 0.3) is 0 Å². The van der Waals surface area contributed by atoms with Crippen molar-refractivity contribution in [2.24, 2.45) is 0 Å². The molecule has 0 fully saturated rings. The molecule has 8 nitrogen and oxygen atoms in total. The molecule has 2 aromatic carbocycles. The van der Waals surface area contributed by atoms with Crippen molar-refractivity contribution >= 4 is 29.3 Å². The highest BCUT2D eigenvalue weighted by Crippen LogP contribution is 2.22. The average Bonchev–Trinajstić information content (AvgIpc) is 3.17. The summed E-state index contributed by atoms with van der Waals surface area (Å²) in [5.41, 5.74) is 1.15. The molecular weight excluding hydrogens is 404 g/mol. The minimum absolute atomic E-state index is 0.0577. The topological polar surface area (TPSA) is 97.6 Å². The first-order valence-corrected chi connectivity index (χ1v) is 10.1. The molecule has 9 heteroatoms. The molecule has 0 aliphatic heterocycles. The highest BCUT2D eigenvalue weighted by Gasteiger charge is 2.15. The Hall–Kier alpha value is -3.33. The molecule has 30 heavy (non-hydrogen) atoms. The monoisotopic (exact) mass is 426 g/mol. The van der Waals surface area contributed by atoms with Gasteiger partial charge in [0.05, 0.1) is 19.4 Å². The van der Waals surface area contributed by atoms with Crippen LogP contribution in [0.2, 0.25) is 0 Å². The molecule has 3 aromatic rings. The second-order valence-corrected chi connectivity index (χ2v) is 7.54. The quantitative estimate of drug-likeness (QED) is 0.551. The lowest BCUT2D eigenvalue weighted by Crippen LogP contribution is -2.34. The number of aryl methyl sites for hydroxylation is 1. The minimum Gasteiger partial charge on any atom is -0.497 e. The summed E-state index contributed by atoms with van der Waals surface area (Å²) < 4.78 is 10.2. The van der Waals surface area contributed by atoms with Crippen molar-refractivity contribution in [3.63, 3.8) is 0 Å². The number of hydrogen-bond acceptors (Lipinski definition) is 7. The van der Waals surface area contributed by atoms with E-state index in [0.717, 1.165) is 4.90 Å². The number of nitrogens with one attached hydrogen (secondary N) is 1. The van der Waals surface area contributed by atoms with Gasteiger partial charge in [-0.05, 0) is 55.5 Å². The lowest BCUT2D eigenvalue weighted by Gasteiger charge is -2.17. The van der Waals surface area contributed by atoms with Crippen LogP contribution in [-0.2, 0) is 10.5 Å². The predicted molar refractivity (Wildman–Crippen MR) is 114 cm³/mol. The van der Waals surface area contributed by atoms with Crippen molar-refractivity contribution in [1.82, 2.24) is 15.0 Å². The van der Waals surface area contributed by atoms with Gasteiger partial charge < -0.3 is 19.5 Å². The molecule has 0 saturated carbocycles. The number of amides is 2. The van der Waals surface area contributed by atoms with Crippen LogP contribution in [0.3, 0.4) is 0 Å². The summed E-state index contributed by atoms with van der Waals surface area (Å²) in [5, 5.41) is 6.52. The molecule has 0 saturated heterocycles. The Morgan fingerprint density at radius 1 is 1.13 bits per heavy atom. The fourth-order valence-electron chi connectivity index (χ4n) is 2.62. The van der Waals surface area contributed by atoms with E-state index in [4.69, 9.17) is 9.26 Å². The molecule has 3 rings (SSSR count). The number of likely N-dealkylation sites (N-methyl/N-ethyl adjacent to an activating group) is 1. The number of methoxy groups -OCH3 is 1. The van der Waals surface area contributed by atoms with Crippen molar-refractivity contribution in [3.05, 3.63) is 65.8 Å².